The Labute approximate surface area is 275 Å². The summed E-state index contributed by atoms with van der Waals surface area (Å²) in [5, 5.41) is 28.1. The summed E-state index contributed by atoms with van der Waals surface area (Å²) in [6.07, 6.45) is 4.80. The molecule has 3 unspecified atom stereocenters. The van der Waals surface area contributed by atoms with E-state index >= 15 is 0 Å². The standard InChI is InChI=1S/C34H49N5O8/c1-4-21(2)30-34(46)38-17-11-10-15-27(38)33(45)35-24(13-6-5-7-16-28(41)29(42)20-40)31(43)36-25(32(44)37-30)18-22-19-39(47-3)26-14-9-8-12-23(22)26/h8-9,12,14,19,21,24-25,27,29-30,40,42H,4-7,10-11,13,15-18,20H2,1-3H3,(H,35,45)(H,36,43)(H,37,44)/t21?,24-,25-,27?,29?,30-/m0/s1. The minimum Gasteiger partial charge on any atom is -0.417 e. The van der Waals surface area contributed by atoms with Gasteiger partial charge in [-0.05, 0) is 49.7 Å². The van der Waals surface area contributed by atoms with Gasteiger partial charge in [0.25, 0.3) is 0 Å². The van der Waals surface area contributed by atoms with Crippen LogP contribution in [0.3, 0.4) is 0 Å². The lowest BCUT2D eigenvalue weighted by Gasteiger charge is -2.39. The fourth-order valence-electron chi connectivity index (χ4n) is 6.45. The fourth-order valence-corrected chi connectivity index (χ4v) is 6.45. The summed E-state index contributed by atoms with van der Waals surface area (Å²) in [6, 6.07) is 3.86. The van der Waals surface area contributed by atoms with Crippen molar-refractivity contribution in [2.45, 2.75) is 108 Å². The molecule has 2 aromatic rings. The minimum absolute atomic E-state index is 0.0821. The van der Waals surface area contributed by atoms with Crippen molar-refractivity contribution < 1.29 is 39.0 Å². The van der Waals surface area contributed by atoms with E-state index in [-0.39, 0.29) is 31.1 Å². The number of para-hydroxylation sites is 1. The van der Waals surface area contributed by atoms with E-state index in [9.17, 15) is 29.1 Å². The molecule has 2 aliphatic rings. The maximum Gasteiger partial charge on any atom is 0.246 e. The molecule has 4 rings (SSSR count). The normalized spacial score (nSPS) is 23.9. The van der Waals surface area contributed by atoms with Gasteiger partial charge in [-0.2, -0.15) is 4.73 Å². The minimum atomic E-state index is -1.41. The molecular formula is C34H49N5O8. The van der Waals surface area contributed by atoms with Crippen LogP contribution < -0.4 is 20.8 Å². The number of hydrogen-bond acceptors (Lipinski definition) is 8. The number of nitrogens with zero attached hydrogens (tertiary/aromatic N) is 2. The van der Waals surface area contributed by atoms with E-state index in [0.717, 1.165) is 29.3 Å². The molecule has 0 bridgehead atoms. The molecule has 258 valence electrons. The smallest absolute Gasteiger partial charge is 0.246 e. The van der Waals surface area contributed by atoms with Gasteiger partial charge >= 0.3 is 0 Å². The Hall–Kier alpha value is -3.97. The van der Waals surface area contributed by atoms with Crippen LogP contribution in [-0.2, 0) is 30.4 Å². The van der Waals surface area contributed by atoms with Gasteiger partial charge in [-0.1, -0.05) is 51.3 Å². The first kappa shape index (κ1) is 35.9. The number of amides is 4. The zero-order valence-electron chi connectivity index (χ0n) is 27.6. The molecule has 0 saturated carbocycles. The van der Waals surface area contributed by atoms with Crippen molar-refractivity contribution >= 4 is 40.3 Å². The monoisotopic (exact) mass is 655 g/mol. The van der Waals surface area contributed by atoms with Gasteiger partial charge in [0.1, 0.15) is 37.4 Å². The highest BCUT2D eigenvalue weighted by molar-refractivity contribution is 5.98. The molecule has 0 radical (unpaired) electrons. The topological polar surface area (TPSA) is 179 Å². The van der Waals surface area contributed by atoms with Crippen molar-refractivity contribution in [3.63, 3.8) is 0 Å². The van der Waals surface area contributed by atoms with Gasteiger partial charge in [-0.3, -0.25) is 24.0 Å². The summed E-state index contributed by atoms with van der Waals surface area (Å²) in [7, 11) is 1.54. The Morgan fingerprint density at radius 2 is 1.72 bits per heavy atom. The first-order valence-corrected chi connectivity index (χ1v) is 16.8. The van der Waals surface area contributed by atoms with Gasteiger partial charge in [0.2, 0.25) is 23.6 Å². The van der Waals surface area contributed by atoms with E-state index in [1.165, 1.54) is 7.11 Å². The lowest BCUT2D eigenvalue weighted by molar-refractivity contribution is -0.147. The van der Waals surface area contributed by atoms with Crippen LogP contribution in [0.4, 0.5) is 0 Å². The van der Waals surface area contributed by atoms with Gasteiger partial charge in [0.15, 0.2) is 5.78 Å². The number of ketones is 1. The molecule has 13 heteroatoms. The van der Waals surface area contributed by atoms with Gasteiger partial charge < -0.3 is 35.9 Å². The van der Waals surface area contributed by atoms with Crippen molar-refractivity contribution in [1.29, 1.82) is 0 Å². The Morgan fingerprint density at radius 1 is 1.00 bits per heavy atom. The summed E-state index contributed by atoms with van der Waals surface area (Å²) in [4.78, 5) is 74.7. The molecule has 13 nitrogen and oxygen atoms in total. The van der Waals surface area contributed by atoms with E-state index in [0.29, 0.717) is 38.6 Å². The summed E-state index contributed by atoms with van der Waals surface area (Å²) in [5.74, 6) is -2.40. The number of rotatable bonds is 13. The second-order valence-corrected chi connectivity index (χ2v) is 12.7. The second kappa shape index (κ2) is 16.7. The van der Waals surface area contributed by atoms with Gasteiger partial charge in [-0.25, -0.2) is 0 Å². The molecule has 3 heterocycles. The number of aromatic nitrogens is 1. The maximum atomic E-state index is 14.1. The molecule has 4 amide bonds. The Kier molecular flexibility index (Phi) is 12.8. The van der Waals surface area contributed by atoms with Crippen molar-refractivity contribution in [3.8, 4) is 0 Å². The third-order valence-electron chi connectivity index (χ3n) is 9.47. The highest BCUT2D eigenvalue weighted by Crippen LogP contribution is 2.24. The van der Waals surface area contributed by atoms with Gasteiger partial charge in [0, 0.05) is 31.0 Å². The number of Topliss-reactive ketones (excluding diaryl/α,β-unsaturated/α-hetero) is 1. The molecule has 0 aliphatic carbocycles. The van der Waals surface area contributed by atoms with Crippen LogP contribution in [0.15, 0.2) is 30.5 Å². The average Bonchev–Trinajstić information content (AvgIpc) is 3.45. The highest BCUT2D eigenvalue weighted by Gasteiger charge is 2.41. The highest BCUT2D eigenvalue weighted by atomic mass is 16.6. The molecule has 1 aromatic heterocycles. The number of carbonyl (C=O) groups is 5. The van der Waals surface area contributed by atoms with Crippen molar-refractivity contribution in [3.05, 3.63) is 36.0 Å². The second-order valence-electron chi connectivity index (χ2n) is 12.7. The third-order valence-corrected chi connectivity index (χ3v) is 9.47. The SMILES string of the molecule is CCC(C)[C@@H]1NC(=O)[C@H](Cc2cn(OC)c3ccccc23)NC(=O)[C@H](CCCCCC(=O)C(O)CO)NC(=O)C2CCCCN2C1=O. The molecule has 0 spiro atoms. The number of nitrogens with one attached hydrogen (secondary N) is 3. The maximum absolute atomic E-state index is 14.1. The van der Waals surface area contributed by atoms with Crippen LogP contribution in [0.5, 0.6) is 0 Å². The quantitative estimate of drug-likeness (QED) is 0.199. The summed E-state index contributed by atoms with van der Waals surface area (Å²) in [5.41, 5.74) is 1.55. The number of aliphatic hydroxyl groups excluding tert-OH is 2. The van der Waals surface area contributed by atoms with Gasteiger partial charge in [-0.15, -0.1) is 0 Å². The Morgan fingerprint density at radius 3 is 2.45 bits per heavy atom. The molecule has 2 aliphatic heterocycles. The predicted octanol–water partition coefficient (Wildman–Crippen LogP) is 1.01. The third kappa shape index (κ3) is 8.69. The number of benzene rings is 1. The summed E-state index contributed by atoms with van der Waals surface area (Å²) < 4.78 is 1.59. The molecule has 1 aromatic carbocycles. The molecule has 2 fully saturated rings. The number of carbonyl (C=O) groups excluding carboxylic acids is 5. The Balaban J connectivity index is 1.63. The van der Waals surface area contributed by atoms with Crippen molar-refractivity contribution in [2.24, 2.45) is 5.92 Å². The van der Waals surface area contributed by atoms with Crippen LogP contribution in [0.25, 0.3) is 10.9 Å². The van der Waals surface area contributed by atoms with Crippen molar-refractivity contribution in [2.75, 3.05) is 20.3 Å². The van der Waals surface area contributed by atoms with Crippen LogP contribution in [0.1, 0.15) is 77.2 Å². The fraction of sp³-hybridized carbons (Fsp3) is 0.618. The molecular weight excluding hydrogens is 606 g/mol. The van der Waals surface area contributed by atoms with Crippen LogP contribution in [0.2, 0.25) is 0 Å². The van der Waals surface area contributed by atoms with E-state index < -0.39 is 60.4 Å². The van der Waals surface area contributed by atoms with E-state index in [1.807, 2.05) is 38.1 Å². The molecule has 6 atom stereocenters. The summed E-state index contributed by atoms with van der Waals surface area (Å²) in [6.45, 7) is 3.58. The predicted molar refractivity (Wildman–Crippen MR) is 174 cm³/mol. The first-order valence-electron chi connectivity index (χ1n) is 16.8. The van der Waals surface area contributed by atoms with E-state index in [4.69, 9.17) is 9.94 Å². The number of piperidine rings is 1. The molecule has 47 heavy (non-hydrogen) atoms. The van der Waals surface area contributed by atoms with Crippen LogP contribution in [-0.4, -0.2) is 99.8 Å². The van der Waals surface area contributed by atoms with E-state index in [1.54, 1.807) is 15.8 Å². The van der Waals surface area contributed by atoms with Crippen LogP contribution >= 0.6 is 0 Å². The average molecular weight is 656 g/mol. The molecule has 2 saturated heterocycles. The lowest BCUT2D eigenvalue weighted by Crippen LogP contribution is -2.64. The number of aliphatic hydroxyl groups is 2. The van der Waals surface area contributed by atoms with Gasteiger partial charge in [0.05, 0.1) is 12.1 Å². The first-order chi connectivity index (χ1) is 22.6. The zero-order chi connectivity index (χ0) is 34.1. The number of unbranched alkanes of at least 4 members (excludes halogenated alkanes) is 2. The zero-order valence-corrected chi connectivity index (χ0v) is 27.6. The Bertz CT molecular complexity index is 1430. The number of hydrogen-bond donors (Lipinski definition) is 5. The largest absolute Gasteiger partial charge is 0.417 e. The van der Waals surface area contributed by atoms with E-state index in [2.05, 4.69) is 16.0 Å². The van der Waals surface area contributed by atoms with Crippen molar-refractivity contribution in [1.82, 2.24) is 25.6 Å². The van der Waals surface area contributed by atoms with Crippen LogP contribution in [0, 0.1) is 5.92 Å². The summed E-state index contributed by atoms with van der Waals surface area (Å²) >= 11 is 0. The molecule has 5 N–H and O–H groups in total. The number of fused-ring (bicyclic) bond motifs is 2. The lowest BCUT2D eigenvalue weighted by atomic mass is 9.93.